The van der Waals surface area contributed by atoms with E-state index in [9.17, 15) is 4.79 Å². The molecule has 20 heavy (non-hydrogen) atoms. The molecular weight excluding hydrogens is 280 g/mol. The number of hydrogen-bond donors (Lipinski definition) is 2. The van der Waals surface area contributed by atoms with Crippen LogP contribution in [-0.4, -0.2) is 25.7 Å². The van der Waals surface area contributed by atoms with Crippen molar-refractivity contribution in [2.75, 3.05) is 24.8 Å². The van der Waals surface area contributed by atoms with Crippen LogP contribution in [0.5, 0.6) is 5.75 Å². The van der Waals surface area contributed by atoms with Gasteiger partial charge in [0.2, 0.25) is 0 Å². The van der Waals surface area contributed by atoms with E-state index in [-0.39, 0.29) is 18.3 Å². The molecular formula is C14H21ClN2O3. The van der Waals surface area contributed by atoms with Crippen LogP contribution in [0.3, 0.4) is 0 Å². The average molecular weight is 301 g/mol. The standard InChI is InChI=1S/C14H20N2O3.ClH/c1-4-5-8-19-10(2)14(17)16-13-9-11(18-3)6-7-12(13)15;/h4,6-7,9-10H,1,5,8,15H2,2-3H3,(H,16,17);1H. The monoisotopic (exact) mass is 300 g/mol. The number of amides is 1. The highest BCUT2D eigenvalue weighted by Gasteiger charge is 2.14. The molecule has 112 valence electrons. The van der Waals surface area contributed by atoms with Gasteiger partial charge in [0.1, 0.15) is 11.9 Å². The predicted octanol–water partition coefficient (Wildman–Crippen LogP) is 2.62. The molecule has 1 aromatic carbocycles. The number of hydrogen-bond acceptors (Lipinski definition) is 4. The third-order valence-corrected chi connectivity index (χ3v) is 2.58. The molecule has 1 rings (SSSR count). The third-order valence-electron chi connectivity index (χ3n) is 2.58. The second kappa shape index (κ2) is 9.23. The van der Waals surface area contributed by atoms with Gasteiger partial charge in [-0.1, -0.05) is 6.08 Å². The van der Waals surface area contributed by atoms with Gasteiger partial charge in [-0.25, -0.2) is 0 Å². The molecule has 0 bridgehead atoms. The van der Waals surface area contributed by atoms with Gasteiger partial charge in [-0.15, -0.1) is 19.0 Å². The van der Waals surface area contributed by atoms with Crippen molar-refractivity contribution < 1.29 is 14.3 Å². The predicted molar refractivity (Wildman–Crippen MR) is 83.5 cm³/mol. The van der Waals surface area contributed by atoms with Crippen molar-refractivity contribution in [1.82, 2.24) is 0 Å². The van der Waals surface area contributed by atoms with Gasteiger partial charge in [-0.3, -0.25) is 4.79 Å². The second-order valence-electron chi connectivity index (χ2n) is 4.03. The highest BCUT2D eigenvalue weighted by Crippen LogP contribution is 2.24. The maximum Gasteiger partial charge on any atom is 0.253 e. The van der Waals surface area contributed by atoms with E-state index in [2.05, 4.69) is 11.9 Å². The molecule has 0 aliphatic carbocycles. The minimum atomic E-state index is -0.550. The minimum Gasteiger partial charge on any atom is -0.497 e. The fourth-order valence-electron chi connectivity index (χ4n) is 1.41. The molecule has 5 nitrogen and oxygen atoms in total. The smallest absolute Gasteiger partial charge is 0.253 e. The first-order valence-electron chi connectivity index (χ1n) is 6.05. The first-order valence-corrected chi connectivity index (χ1v) is 6.05. The van der Waals surface area contributed by atoms with Gasteiger partial charge in [0.15, 0.2) is 0 Å². The van der Waals surface area contributed by atoms with Gasteiger partial charge >= 0.3 is 0 Å². The number of halogens is 1. The van der Waals surface area contributed by atoms with Crippen molar-refractivity contribution in [2.24, 2.45) is 0 Å². The summed E-state index contributed by atoms with van der Waals surface area (Å²) >= 11 is 0. The molecule has 0 aliphatic rings. The van der Waals surface area contributed by atoms with E-state index in [1.807, 2.05) is 0 Å². The summed E-state index contributed by atoms with van der Waals surface area (Å²) in [4.78, 5) is 11.9. The van der Waals surface area contributed by atoms with Crippen LogP contribution in [0.1, 0.15) is 13.3 Å². The van der Waals surface area contributed by atoms with Crippen LogP contribution in [0, 0.1) is 0 Å². The normalized spacial score (nSPS) is 11.1. The van der Waals surface area contributed by atoms with Gasteiger partial charge in [-0.2, -0.15) is 0 Å². The Labute approximate surface area is 125 Å². The summed E-state index contributed by atoms with van der Waals surface area (Å²) in [5.74, 6) is 0.383. The van der Waals surface area contributed by atoms with Crippen LogP contribution < -0.4 is 15.8 Å². The zero-order valence-electron chi connectivity index (χ0n) is 11.7. The lowest BCUT2D eigenvalue weighted by Gasteiger charge is -2.14. The lowest BCUT2D eigenvalue weighted by Crippen LogP contribution is -2.28. The summed E-state index contributed by atoms with van der Waals surface area (Å²) in [5.41, 5.74) is 6.79. The maximum atomic E-state index is 11.9. The van der Waals surface area contributed by atoms with E-state index in [4.69, 9.17) is 15.2 Å². The molecule has 0 radical (unpaired) electrons. The number of benzene rings is 1. The van der Waals surface area contributed by atoms with Crippen LogP contribution in [0.2, 0.25) is 0 Å². The molecule has 3 N–H and O–H groups in total. The Morgan fingerprint density at radius 1 is 1.55 bits per heavy atom. The Bertz CT molecular complexity index is 452. The summed E-state index contributed by atoms with van der Waals surface area (Å²) in [6.07, 6.45) is 1.90. The number of nitrogens with two attached hydrogens (primary N) is 1. The van der Waals surface area contributed by atoms with Crippen molar-refractivity contribution in [3.63, 3.8) is 0 Å². The zero-order valence-corrected chi connectivity index (χ0v) is 12.5. The Kier molecular flexibility index (Phi) is 8.43. The van der Waals surface area contributed by atoms with E-state index in [0.717, 1.165) is 0 Å². The Morgan fingerprint density at radius 2 is 2.25 bits per heavy atom. The fourth-order valence-corrected chi connectivity index (χ4v) is 1.41. The molecule has 0 saturated carbocycles. The molecule has 0 saturated heterocycles. The molecule has 1 unspecified atom stereocenters. The molecule has 1 atom stereocenters. The maximum absolute atomic E-state index is 11.9. The molecule has 1 aromatic rings. The molecule has 0 aromatic heterocycles. The SMILES string of the molecule is C=CCCOC(C)C(=O)Nc1cc(OC)ccc1N.Cl. The van der Waals surface area contributed by atoms with Gasteiger partial charge < -0.3 is 20.5 Å². The number of carbonyl (C=O) groups excluding carboxylic acids is 1. The number of nitrogen functional groups attached to an aromatic ring is 1. The van der Waals surface area contributed by atoms with Crippen LogP contribution in [0.25, 0.3) is 0 Å². The lowest BCUT2D eigenvalue weighted by molar-refractivity contribution is -0.126. The van der Waals surface area contributed by atoms with Crippen molar-refractivity contribution in [3.05, 3.63) is 30.9 Å². The van der Waals surface area contributed by atoms with Gasteiger partial charge in [0.25, 0.3) is 5.91 Å². The number of nitrogens with one attached hydrogen (secondary N) is 1. The van der Waals surface area contributed by atoms with E-state index < -0.39 is 6.10 Å². The molecule has 1 amide bonds. The molecule has 0 fully saturated rings. The highest BCUT2D eigenvalue weighted by atomic mass is 35.5. The number of carbonyl (C=O) groups is 1. The highest BCUT2D eigenvalue weighted by molar-refractivity contribution is 5.96. The third kappa shape index (κ3) is 5.50. The Balaban J connectivity index is 0.00000361. The summed E-state index contributed by atoms with van der Waals surface area (Å²) in [5, 5.41) is 2.72. The van der Waals surface area contributed by atoms with Crippen molar-refractivity contribution in [3.8, 4) is 5.75 Å². The largest absolute Gasteiger partial charge is 0.497 e. The van der Waals surface area contributed by atoms with Crippen molar-refractivity contribution in [1.29, 1.82) is 0 Å². The fraction of sp³-hybridized carbons (Fsp3) is 0.357. The van der Waals surface area contributed by atoms with E-state index in [1.165, 1.54) is 0 Å². The Morgan fingerprint density at radius 3 is 2.85 bits per heavy atom. The average Bonchev–Trinajstić information content (AvgIpc) is 2.41. The van der Waals surface area contributed by atoms with E-state index in [0.29, 0.717) is 30.2 Å². The summed E-state index contributed by atoms with van der Waals surface area (Å²) in [6, 6.07) is 5.08. The quantitative estimate of drug-likeness (QED) is 0.461. The van der Waals surface area contributed by atoms with Gasteiger partial charge in [0.05, 0.1) is 25.1 Å². The van der Waals surface area contributed by atoms with Crippen LogP contribution in [0.15, 0.2) is 30.9 Å². The zero-order chi connectivity index (χ0) is 14.3. The van der Waals surface area contributed by atoms with Crippen LogP contribution in [-0.2, 0) is 9.53 Å². The van der Waals surface area contributed by atoms with Gasteiger partial charge in [-0.05, 0) is 25.5 Å². The molecule has 0 heterocycles. The number of rotatable bonds is 7. The van der Waals surface area contributed by atoms with E-state index in [1.54, 1.807) is 38.3 Å². The summed E-state index contributed by atoms with van der Waals surface area (Å²) < 4.78 is 10.4. The van der Waals surface area contributed by atoms with E-state index >= 15 is 0 Å². The minimum absolute atomic E-state index is 0. The first kappa shape index (κ1) is 18.3. The number of methoxy groups -OCH3 is 1. The summed E-state index contributed by atoms with van der Waals surface area (Å²) in [6.45, 7) is 5.74. The molecule has 0 spiro atoms. The summed E-state index contributed by atoms with van der Waals surface area (Å²) in [7, 11) is 1.55. The second-order valence-corrected chi connectivity index (χ2v) is 4.03. The first-order chi connectivity index (χ1) is 9.08. The number of ether oxygens (including phenoxy) is 2. The lowest BCUT2D eigenvalue weighted by atomic mass is 10.2. The van der Waals surface area contributed by atoms with Crippen LogP contribution >= 0.6 is 12.4 Å². The molecule has 0 aliphatic heterocycles. The molecule has 6 heteroatoms. The van der Waals surface area contributed by atoms with Crippen molar-refractivity contribution in [2.45, 2.75) is 19.4 Å². The Hall–Kier alpha value is -1.72. The number of anilines is 2. The van der Waals surface area contributed by atoms with Gasteiger partial charge in [0, 0.05) is 6.07 Å². The van der Waals surface area contributed by atoms with Crippen molar-refractivity contribution >= 4 is 29.7 Å². The van der Waals surface area contributed by atoms with Crippen LogP contribution in [0.4, 0.5) is 11.4 Å². The topological polar surface area (TPSA) is 73.6 Å².